The quantitative estimate of drug-likeness (QED) is 0.412. The Labute approximate surface area is 161 Å². The molecule has 8 nitrogen and oxygen atoms in total. The van der Waals surface area contributed by atoms with Gasteiger partial charge in [-0.25, -0.2) is 13.1 Å². The number of carbonyl (C=O) groups is 1. The number of non-ortho nitro benzene ring substituents is 1. The standard InChI is InChI=1S/C17H18ClN3O5S/c1-11-3-4-12(2)16(9-11)27(25,26)20-8-7-19-17(22)14-10-13(21(23)24)5-6-15(14)18/h3-6,9-10,20H,7-8H2,1-2H3,(H,19,22). The SMILES string of the molecule is Cc1ccc(C)c(S(=O)(=O)NCCNC(=O)c2cc([N+](=O)[O-])ccc2Cl)c1. The van der Waals surface area contributed by atoms with E-state index >= 15 is 0 Å². The lowest BCUT2D eigenvalue weighted by Gasteiger charge is -2.11. The second kappa shape index (κ2) is 8.47. The highest BCUT2D eigenvalue weighted by Gasteiger charge is 2.18. The Morgan fingerprint density at radius 2 is 1.85 bits per heavy atom. The van der Waals surface area contributed by atoms with Crippen LogP contribution in [0.15, 0.2) is 41.3 Å². The lowest BCUT2D eigenvalue weighted by molar-refractivity contribution is -0.384. The summed E-state index contributed by atoms with van der Waals surface area (Å²) in [5.41, 5.74) is 1.11. The van der Waals surface area contributed by atoms with Crippen molar-refractivity contribution >= 4 is 33.2 Å². The Morgan fingerprint density at radius 1 is 1.15 bits per heavy atom. The highest BCUT2D eigenvalue weighted by molar-refractivity contribution is 7.89. The highest BCUT2D eigenvalue weighted by Crippen LogP contribution is 2.22. The summed E-state index contributed by atoms with van der Waals surface area (Å²) in [6, 6.07) is 8.62. The molecular weight excluding hydrogens is 394 g/mol. The van der Waals surface area contributed by atoms with Crippen LogP contribution in [0.2, 0.25) is 5.02 Å². The summed E-state index contributed by atoms with van der Waals surface area (Å²) in [5.74, 6) is -0.630. The molecule has 10 heteroatoms. The van der Waals surface area contributed by atoms with E-state index < -0.39 is 20.9 Å². The summed E-state index contributed by atoms with van der Waals surface area (Å²) >= 11 is 5.90. The van der Waals surface area contributed by atoms with Gasteiger partial charge in [-0.1, -0.05) is 23.7 Å². The van der Waals surface area contributed by atoms with Crippen LogP contribution >= 0.6 is 11.6 Å². The third-order valence-corrected chi connectivity index (χ3v) is 5.67. The molecule has 0 heterocycles. The highest BCUT2D eigenvalue weighted by atomic mass is 35.5. The minimum atomic E-state index is -3.72. The molecule has 2 N–H and O–H groups in total. The van der Waals surface area contributed by atoms with Crippen LogP contribution in [0.4, 0.5) is 5.69 Å². The fourth-order valence-corrected chi connectivity index (χ4v) is 3.89. The van der Waals surface area contributed by atoms with Crippen LogP contribution in [0, 0.1) is 24.0 Å². The number of nitrogens with zero attached hydrogens (tertiary/aromatic N) is 1. The number of aryl methyl sites for hydroxylation is 2. The smallest absolute Gasteiger partial charge is 0.270 e. The molecule has 1 amide bonds. The molecule has 0 atom stereocenters. The maximum Gasteiger partial charge on any atom is 0.270 e. The second-order valence-corrected chi connectivity index (χ2v) is 7.99. The summed E-state index contributed by atoms with van der Waals surface area (Å²) in [6.07, 6.45) is 0. The van der Waals surface area contributed by atoms with Gasteiger partial charge in [-0.3, -0.25) is 14.9 Å². The van der Waals surface area contributed by atoms with E-state index in [1.807, 2.05) is 6.07 Å². The zero-order chi connectivity index (χ0) is 20.2. The number of amides is 1. The number of hydrogen-bond acceptors (Lipinski definition) is 5. The van der Waals surface area contributed by atoms with E-state index in [1.165, 1.54) is 12.1 Å². The van der Waals surface area contributed by atoms with Crippen molar-refractivity contribution in [2.45, 2.75) is 18.7 Å². The molecule has 0 radical (unpaired) electrons. The van der Waals surface area contributed by atoms with Crippen LogP contribution in [0.1, 0.15) is 21.5 Å². The van der Waals surface area contributed by atoms with Gasteiger partial charge in [0.15, 0.2) is 0 Å². The summed E-state index contributed by atoms with van der Waals surface area (Å²) in [7, 11) is -3.72. The number of rotatable bonds is 7. The van der Waals surface area contributed by atoms with Crippen molar-refractivity contribution in [1.82, 2.24) is 10.0 Å². The van der Waals surface area contributed by atoms with Crippen molar-refractivity contribution < 1.29 is 18.1 Å². The van der Waals surface area contributed by atoms with Crippen LogP contribution in [0.25, 0.3) is 0 Å². The van der Waals surface area contributed by atoms with Crippen LogP contribution < -0.4 is 10.0 Å². The van der Waals surface area contributed by atoms with Gasteiger partial charge >= 0.3 is 0 Å². The average molecular weight is 412 g/mol. The fourth-order valence-electron chi connectivity index (χ4n) is 2.33. The molecule has 0 aliphatic heterocycles. The second-order valence-electron chi connectivity index (χ2n) is 5.84. The van der Waals surface area contributed by atoms with Crippen molar-refractivity contribution in [3.05, 3.63) is 68.2 Å². The van der Waals surface area contributed by atoms with E-state index in [0.29, 0.717) is 5.56 Å². The van der Waals surface area contributed by atoms with Gasteiger partial charge < -0.3 is 5.32 Å². The average Bonchev–Trinajstić information content (AvgIpc) is 2.60. The predicted molar refractivity (Wildman–Crippen MR) is 102 cm³/mol. The van der Waals surface area contributed by atoms with Crippen molar-refractivity contribution in [3.8, 4) is 0 Å². The third kappa shape index (κ3) is 5.25. The summed E-state index contributed by atoms with van der Waals surface area (Å²) in [5, 5.41) is 13.3. The molecule has 0 fully saturated rings. The lowest BCUT2D eigenvalue weighted by Crippen LogP contribution is -2.35. The molecule has 0 aliphatic rings. The molecule has 2 rings (SSSR count). The molecule has 0 saturated heterocycles. The first-order valence-corrected chi connectivity index (χ1v) is 9.77. The van der Waals surface area contributed by atoms with Crippen LogP contribution in [0.3, 0.4) is 0 Å². The van der Waals surface area contributed by atoms with Gasteiger partial charge in [-0.15, -0.1) is 0 Å². The topological polar surface area (TPSA) is 118 Å². The molecular formula is C17H18ClN3O5S. The Bertz CT molecular complexity index is 992. The van der Waals surface area contributed by atoms with Crippen molar-refractivity contribution in [3.63, 3.8) is 0 Å². The summed E-state index contributed by atoms with van der Waals surface area (Å²) in [6.45, 7) is 3.43. The van der Waals surface area contributed by atoms with Crippen molar-refractivity contribution in [2.75, 3.05) is 13.1 Å². The maximum atomic E-state index is 12.4. The lowest BCUT2D eigenvalue weighted by atomic mass is 10.2. The van der Waals surface area contributed by atoms with Gasteiger partial charge in [0.25, 0.3) is 11.6 Å². The normalized spacial score (nSPS) is 11.2. The molecule has 2 aromatic rings. The molecule has 27 heavy (non-hydrogen) atoms. The van der Waals surface area contributed by atoms with E-state index in [1.54, 1.807) is 26.0 Å². The summed E-state index contributed by atoms with van der Waals surface area (Å²) < 4.78 is 27.2. The van der Waals surface area contributed by atoms with Crippen LogP contribution in [-0.4, -0.2) is 32.3 Å². The van der Waals surface area contributed by atoms with E-state index in [0.717, 1.165) is 11.6 Å². The molecule has 0 aromatic heterocycles. The van der Waals surface area contributed by atoms with Gasteiger partial charge in [0.05, 0.1) is 20.4 Å². The minimum absolute atomic E-state index is 0.0120. The number of benzene rings is 2. The Kier molecular flexibility index (Phi) is 6.53. The number of halogens is 1. The number of nitrogens with one attached hydrogen (secondary N) is 2. The number of hydrogen-bond donors (Lipinski definition) is 2. The molecule has 0 saturated carbocycles. The largest absolute Gasteiger partial charge is 0.351 e. The first-order chi connectivity index (χ1) is 12.6. The van der Waals surface area contributed by atoms with E-state index in [-0.39, 0.29) is 34.3 Å². The van der Waals surface area contributed by atoms with E-state index in [4.69, 9.17) is 11.6 Å². The summed E-state index contributed by atoms with van der Waals surface area (Å²) in [4.78, 5) is 22.5. The van der Waals surface area contributed by atoms with Gasteiger partial charge in [0, 0.05) is 25.2 Å². The number of nitro groups is 1. The number of nitro benzene ring substituents is 1. The monoisotopic (exact) mass is 411 g/mol. The zero-order valence-electron chi connectivity index (χ0n) is 14.7. The Morgan fingerprint density at radius 3 is 2.52 bits per heavy atom. The van der Waals surface area contributed by atoms with Gasteiger partial charge in [-0.05, 0) is 37.1 Å². The number of sulfonamides is 1. The van der Waals surface area contributed by atoms with Crippen LogP contribution in [0.5, 0.6) is 0 Å². The predicted octanol–water partition coefficient (Wildman–Crippen LogP) is 2.57. The Balaban J connectivity index is 1.99. The Hall–Kier alpha value is -2.49. The van der Waals surface area contributed by atoms with Gasteiger partial charge in [0.1, 0.15) is 0 Å². The molecule has 0 bridgehead atoms. The van der Waals surface area contributed by atoms with Crippen molar-refractivity contribution in [1.29, 1.82) is 0 Å². The van der Waals surface area contributed by atoms with Gasteiger partial charge in [0.2, 0.25) is 10.0 Å². The van der Waals surface area contributed by atoms with E-state index in [2.05, 4.69) is 10.0 Å². The van der Waals surface area contributed by atoms with Crippen molar-refractivity contribution in [2.24, 2.45) is 0 Å². The third-order valence-electron chi connectivity index (χ3n) is 3.74. The first kappa shape index (κ1) is 20.8. The first-order valence-electron chi connectivity index (χ1n) is 7.91. The number of carbonyl (C=O) groups excluding carboxylic acids is 1. The molecule has 0 spiro atoms. The van der Waals surface area contributed by atoms with E-state index in [9.17, 15) is 23.3 Å². The molecule has 0 aliphatic carbocycles. The molecule has 2 aromatic carbocycles. The van der Waals surface area contributed by atoms with Gasteiger partial charge in [-0.2, -0.15) is 0 Å². The molecule has 0 unspecified atom stereocenters. The fraction of sp³-hybridized carbons (Fsp3) is 0.235. The zero-order valence-corrected chi connectivity index (χ0v) is 16.2. The van der Waals surface area contributed by atoms with Crippen LogP contribution in [-0.2, 0) is 10.0 Å². The minimum Gasteiger partial charge on any atom is -0.351 e. The molecule has 144 valence electrons. The maximum absolute atomic E-state index is 12.4.